The molecule has 0 aliphatic heterocycles. The second-order valence-corrected chi connectivity index (χ2v) is 10.7. The summed E-state index contributed by atoms with van der Waals surface area (Å²) < 4.78 is 0. The molecule has 2 aromatic rings. The van der Waals surface area contributed by atoms with Crippen molar-refractivity contribution in [2.75, 3.05) is 25.5 Å². The third-order valence-electron chi connectivity index (χ3n) is 7.41. The van der Waals surface area contributed by atoms with Crippen LogP contribution in [-0.4, -0.2) is 37.1 Å². The maximum Gasteiger partial charge on any atom is 0.319 e. The predicted molar refractivity (Wildman–Crippen MR) is 129 cm³/mol. The third kappa shape index (κ3) is 4.79. The van der Waals surface area contributed by atoms with Crippen molar-refractivity contribution in [2.45, 2.75) is 69.7 Å². The Morgan fingerprint density at radius 3 is 2.39 bits per heavy atom. The first-order valence-corrected chi connectivity index (χ1v) is 11.6. The lowest BCUT2D eigenvalue weighted by atomic mass is 9.63. The van der Waals surface area contributed by atoms with Gasteiger partial charge in [-0.3, -0.25) is 0 Å². The summed E-state index contributed by atoms with van der Waals surface area (Å²) in [5, 5.41) is 6.07. The molecule has 2 N–H and O–H groups in total. The minimum absolute atomic E-state index is 0.128. The van der Waals surface area contributed by atoms with Crippen molar-refractivity contribution >= 4 is 11.7 Å². The molecule has 2 aliphatic carbocycles. The van der Waals surface area contributed by atoms with Crippen LogP contribution in [0.2, 0.25) is 0 Å². The van der Waals surface area contributed by atoms with Crippen LogP contribution in [0.15, 0.2) is 48.5 Å². The average Bonchev–Trinajstić information content (AvgIpc) is 3.53. The average molecular weight is 420 g/mol. The van der Waals surface area contributed by atoms with E-state index in [1.165, 1.54) is 36.0 Å². The Kier molecular flexibility index (Phi) is 5.87. The van der Waals surface area contributed by atoms with Gasteiger partial charge in [0.25, 0.3) is 0 Å². The number of likely N-dealkylation sites (N-methyl/N-ethyl adjacent to an activating group) is 1. The normalized spacial score (nSPS) is 23.2. The second-order valence-electron chi connectivity index (χ2n) is 10.7. The highest BCUT2D eigenvalue weighted by atomic mass is 16.2. The molecular weight excluding hydrogens is 382 g/mol. The number of rotatable bonds is 6. The van der Waals surface area contributed by atoms with E-state index < -0.39 is 0 Å². The number of hydrogen-bond donors (Lipinski definition) is 2. The van der Waals surface area contributed by atoms with Gasteiger partial charge in [0.2, 0.25) is 0 Å². The Hall–Kier alpha value is -2.33. The monoisotopic (exact) mass is 419 g/mol. The summed E-state index contributed by atoms with van der Waals surface area (Å²) in [5.74, 6) is 0.628. The molecule has 4 nitrogen and oxygen atoms in total. The highest BCUT2D eigenvalue weighted by molar-refractivity contribution is 5.89. The fraction of sp³-hybridized carbons (Fsp3) is 0.519. The van der Waals surface area contributed by atoms with Crippen LogP contribution in [0.1, 0.15) is 69.6 Å². The zero-order chi connectivity index (χ0) is 22.2. The van der Waals surface area contributed by atoms with Gasteiger partial charge in [-0.25, -0.2) is 4.79 Å². The van der Waals surface area contributed by atoms with Crippen LogP contribution in [0.5, 0.6) is 0 Å². The number of hydrogen-bond acceptors (Lipinski definition) is 2. The van der Waals surface area contributed by atoms with Gasteiger partial charge in [0, 0.05) is 30.7 Å². The first-order chi connectivity index (χ1) is 14.7. The van der Waals surface area contributed by atoms with Gasteiger partial charge in [-0.2, -0.15) is 0 Å². The van der Waals surface area contributed by atoms with Crippen LogP contribution in [-0.2, 0) is 10.8 Å². The van der Waals surface area contributed by atoms with Gasteiger partial charge in [-0.1, -0.05) is 64.1 Å². The summed E-state index contributed by atoms with van der Waals surface area (Å²) in [6, 6.07) is 17.6. The van der Waals surface area contributed by atoms with Crippen LogP contribution in [0.3, 0.4) is 0 Å². The summed E-state index contributed by atoms with van der Waals surface area (Å²) >= 11 is 0. The van der Waals surface area contributed by atoms with Crippen molar-refractivity contribution in [3.8, 4) is 0 Å². The predicted octanol–water partition coefficient (Wildman–Crippen LogP) is 5.65. The van der Waals surface area contributed by atoms with E-state index in [1.807, 2.05) is 6.07 Å². The second kappa shape index (κ2) is 8.31. The van der Waals surface area contributed by atoms with E-state index in [2.05, 4.69) is 92.7 Å². The molecule has 0 radical (unpaired) electrons. The molecule has 0 heterocycles. The smallest absolute Gasteiger partial charge is 0.319 e. The Morgan fingerprint density at radius 2 is 1.68 bits per heavy atom. The SMILES string of the molecule is CN(CCNC(=O)Nc1ccc2c(c1)C(C)(C)CCC2(C)C)C1CC1c1ccccc1. The highest BCUT2D eigenvalue weighted by Gasteiger charge is 2.41. The number of carbonyl (C=O) groups is 1. The fourth-order valence-corrected chi connectivity index (χ4v) is 5.08. The van der Waals surface area contributed by atoms with Gasteiger partial charge >= 0.3 is 6.03 Å². The number of benzene rings is 2. The van der Waals surface area contributed by atoms with Gasteiger partial charge in [-0.05, 0) is 66.0 Å². The van der Waals surface area contributed by atoms with E-state index in [1.54, 1.807) is 0 Å². The van der Waals surface area contributed by atoms with E-state index in [4.69, 9.17) is 0 Å². The summed E-state index contributed by atoms with van der Waals surface area (Å²) in [7, 11) is 2.15. The standard InChI is InChI=1S/C27H37N3O/c1-26(2)13-14-27(3,4)23-17-20(11-12-22(23)26)29-25(31)28-15-16-30(5)24-18-21(24)19-9-7-6-8-10-19/h6-12,17,21,24H,13-16,18H2,1-5H3,(H2,28,29,31). The number of urea groups is 1. The first kappa shape index (κ1) is 21.9. The van der Waals surface area contributed by atoms with Crippen molar-refractivity contribution in [3.63, 3.8) is 0 Å². The maximum absolute atomic E-state index is 12.5. The van der Waals surface area contributed by atoms with Crippen LogP contribution in [0, 0.1) is 0 Å². The van der Waals surface area contributed by atoms with Gasteiger partial charge in [0.05, 0.1) is 0 Å². The molecule has 2 aromatic carbocycles. The number of anilines is 1. The van der Waals surface area contributed by atoms with Gasteiger partial charge in [0.1, 0.15) is 0 Å². The third-order valence-corrected chi connectivity index (χ3v) is 7.41. The molecule has 2 atom stereocenters. The Morgan fingerprint density at radius 1 is 1.00 bits per heavy atom. The van der Waals surface area contributed by atoms with Crippen molar-refractivity contribution in [3.05, 3.63) is 65.2 Å². The number of nitrogens with one attached hydrogen (secondary N) is 2. The van der Waals surface area contributed by atoms with E-state index >= 15 is 0 Å². The minimum Gasteiger partial charge on any atom is -0.337 e. The molecule has 166 valence electrons. The van der Waals surface area contributed by atoms with Gasteiger partial charge in [0.15, 0.2) is 0 Å². The quantitative estimate of drug-likeness (QED) is 0.636. The molecule has 1 saturated carbocycles. The number of nitrogens with zero attached hydrogens (tertiary/aromatic N) is 1. The lowest BCUT2D eigenvalue weighted by Gasteiger charge is -2.42. The Balaban J connectivity index is 1.28. The van der Waals surface area contributed by atoms with Crippen molar-refractivity contribution < 1.29 is 4.79 Å². The Bertz CT molecular complexity index is 935. The van der Waals surface area contributed by atoms with Crippen molar-refractivity contribution in [1.29, 1.82) is 0 Å². The molecule has 0 aromatic heterocycles. The molecule has 1 fully saturated rings. The molecule has 31 heavy (non-hydrogen) atoms. The van der Waals surface area contributed by atoms with Crippen molar-refractivity contribution in [1.82, 2.24) is 10.2 Å². The zero-order valence-corrected chi connectivity index (χ0v) is 19.7. The van der Waals surface area contributed by atoms with Crippen LogP contribution in [0.4, 0.5) is 10.5 Å². The molecule has 2 aliphatic rings. The largest absolute Gasteiger partial charge is 0.337 e. The van der Waals surface area contributed by atoms with E-state index in [-0.39, 0.29) is 16.9 Å². The minimum atomic E-state index is -0.128. The topological polar surface area (TPSA) is 44.4 Å². The lowest BCUT2D eigenvalue weighted by Crippen LogP contribution is -2.37. The van der Waals surface area contributed by atoms with Crippen LogP contribution >= 0.6 is 0 Å². The molecule has 0 saturated heterocycles. The Labute approximate surface area is 187 Å². The molecule has 0 bridgehead atoms. The molecule has 4 heteroatoms. The van der Waals surface area contributed by atoms with Gasteiger partial charge in [-0.15, -0.1) is 0 Å². The summed E-state index contributed by atoms with van der Waals surface area (Å²) in [6.07, 6.45) is 3.56. The van der Waals surface area contributed by atoms with E-state index in [0.717, 1.165) is 12.2 Å². The molecule has 2 unspecified atom stereocenters. The maximum atomic E-state index is 12.5. The summed E-state index contributed by atoms with van der Waals surface area (Å²) in [5.41, 5.74) is 5.40. The van der Waals surface area contributed by atoms with Crippen LogP contribution in [0.25, 0.3) is 0 Å². The number of amides is 2. The number of fused-ring (bicyclic) bond motifs is 1. The summed E-state index contributed by atoms with van der Waals surface area (Å²) in [6.45, 7) is 10.7. The molecule has 0 spiro atoms. The highest BCUT2D eigenvalue weighted by Crippen LogP contribution is 2.46. The first-order valence-electron chi connectivity index (χ1n) is 11.6. The van der Waals surface area contributed by atoms with E-state index in [9.17, 15) is 4.79 Å². The van der Waals surface area contributed by atoms with E-state index in [0.29, 0.717) is 18.5 Å². The molecule has 2 amide bonds. The summed E-state index contributed by atoms with van der Waals surface area (Å²) in [4.78, 5) is 14.8. The molecular formula is C27H37N3O. The number of carbonyl (C=O) groups excluding carboxylic acids is 1. The van der Waals surface area contributed by atoms with Crippen molar-refractivity contribution in [2.24, 2.45) is 0 Å². The molecule has 4 rings (SSSR count). The van der Waals surface area contributed by atoms with Gasteiger partial charge < -0.3 is 15.5 Å². The van der Waals surface area contributed by atoms with Crippen LogP contribution < -0.4 is 10.6 Å². The zero-order valence-electron chi connectivity index (χ0n) is 19.7. The fourth-order valence-electron chi connectivity index (χ4n) is 5.08. The lowest BCUT2D eigenvalue weighted by molar-refractivity contribution is 0.248.